The van der Waals surface area contributed by atoms with Crippen molar-refractivity contribution < 1.29 is 5.11 Å². The van der Waals surface area contributed by atoms with Gasteiger partial charge in [0.25, 0.3) is 5.56 Å². The first kappa shape index (κ1) is 16.8. The molecule has 3 N–H and O–H groups in total. The number of nitrogens with one attached hydrogen (secondary N) is 2. The molecule has 4 rings (SSSR count). The maximum absolute atomic E-state index is 12.4. The summed E-state index contributed by atoms with van der Waals surface area (Å²) in [4.78, 5) is 26.9. The van der Waals surface area contributed by atoms with Crippen LogP contribution in [-0.4, -0.2) is 20.4 Å². The Hall–Kier alpha value is -3.61. The number of aromatic amines is 1. The first-order valence-corrected chi connectivity index (χ1v) is 8.61. The highest BCUT2D eigenvalue weighted by Gasteiger charge is 2.27. The number of hydrogen-bond acceptors (Lipinski definition) is 5. The zero-order valence-corrected chi connectivity index (χ0v) is 14.4. The van der Waals surface area contributed by atoms with E-state index in [1.807, 2.05) is 60.7 Å². The van der Waals surface area contributed by atoms with Crippen molar-refractivity contribution in [3.8, 4) is 5.88 Å². The molecule has 0 saturated carbocycles. The molecule has 2 heterocycles. The monoisotopic (exact) mass is 362 g/mol. The SMILES string of the molecule is O=c1[nH]c(=O)n(Cc2ccccc2)c(O)c1C1=NN[C@H](c2ccccc2)C1. The second-order valence-corrected chi connectivity index (χ2v) is 6.38. The van der Waals surface area contributed by atoms with Crippen molar-refractivity contribution in [2.45, 2.75) is 19.0 Å². The summed E-state index contributed by atoms with van der Waals surface area (Å²) in [7, 11) is 0. The van der Waals surface area contributed by atoms with Crippen LogP contribution in [0.2, 0.25) is 0 Å². The second-order valence-electron chi connectivity index (χ2n) is 6.38. The summed E-state index contributed by atoms with van der Waals surface area (Å²) in [5.74, 6) is -0.373. The highest BCUT2D eigenvalue weighted by Crippen LogP contribution is 2.25. The zero-order chi connectivity index (χ0) is 18.8. The van der Waals surface area contributed by atoms with Crippen molar-refractivity contribution in [1.29, 1.82) is 0 Å². The molecule has 0 saturated heterocycles. The number of aromatic nitrogens is 2. The molecule has 27 heavy (non-hydrogen) atoms. The second kappa shape index (κ2) is 6.95. The Kier molecular flexibility index (Phi) is 4.33. The zero-order valence-electron chi connectivity index (χ0n) is 14.4. The van der Waals surface area contributed by atoms with Crippen LogP contribution in [0.5, 0.6) is 5.88 Å². The molecule has 0 unspecified atom stereocenters. The molecule has 1 aliphatic rings. The van der Waals surface area contributed by atoms with E-state index in [4.69, 9.17) is 0 Å². The van der Waals surface area contributed by atoms with Gasteiger partial charge in [-0.15, -0.1) is 0 Å². The van der Waals surface area contributed by atoms with Crippen LogP contribution >= 0.6 is 0 Å². The van der Waals surface area contributed by atoms with Gasteiger partial charge in [0.2, 0.25) is 5.88 Å². The summed E-state index contributed by atoms with van der Waals surface area (Å²) in [5, 5.41) is 14.9. The molecule has 0 fully saturated rings. The molecular weight excluding hydrogens is 344 g/mol. The molecule has 0 spiro atoms. The van der Waals surface area contributed by atoms with Crippen molar-refractivity contribution in [3.63, 3.8) is 0 Å². The van der Waals surface area contributed by atoms with E-state index in [1.165, 1.54) is 0 Å². The summed E-state index contributed by atoms with van der Waals surface area (Å²) in [6.07, 6.45) is 0.435. The van der Waals surface area contributed by atoms with Crippen LogP contribution in [0.15, 0.2) is 75.4 Å². The highest BCUT2D eigenvalue weighted by molar-refractivity contribution is 6.03. The summed E-state index contributed by atoms with van der Waals surface area (Å²) in [5.41, 5.74) is 4.01. The van der Waals surface area contributed by atoms with Crippen LogP contribution in [-0.2, 0) is 6.54 Å². The van der Waals surface area contributed by atoms with E-state index in [0.29, 0.717) is 12.1 Å². The number of rotatable bonds is 4. The van der Waals surface area contributed by atoms with Crippen molar-refractivity contribution in [2.75, 3.05) is 0 Å². The van der Waals surface area contributed by atoms with Crippen LogP contribution in [0, 0.1) is 0 Å². The molecule has 1 aromatic heterocycles. The number of hydrazone groups is 1. The number of aromatic hydroxyl groups is 1. The minimum absolute atomic E-state index is 0.0245. The summed E-state index contributed by atoms with van der Waals surface area (Å²) >= 11 is 0. The van der Waals surface area contributed by atoms with Gasteiger partial charge in [-0.3, -0.25) is 14.3 Å². The Labute approximate surface area is 154 Å². The number of H-pyrrole nitrogens is 1. The van der Waals surface area contributed by atoms with Gasteiger partial charge in [-0.2, -0.15) is 5.10 Å². The van der Waals surface area contributed by atoms with Crippen LogP contribution < -0.4 is 16.7 Å². The van der Waals surface area contributed by atoms with Gasteiger partial charge in [-0.1, -0.05) is 60.7 Å². The average Bonchev–Trinajstić information content (AvgIpc) is 3.16. The molecule has 7 nitrogen and oxygen atoms in total. The topological polar surface area (TPSA) is 99.5 Å². The van der Waals surface area contributed by atoms with Gasteiger partial charge in [0.1, 0.15) is 5.56 Å². The van der Waals surface area contributed by atoms with Crippen molar-refractivity contribution >= 4 is 5.71 Å². The lowest BCUT2D eigenvalue weighted by Crippen LogP contribution is -2.34. The van der Waals surface area contributed by atoms with E-state index >= 15 is 0 Å². The van der Waals surface area contributed by atoms with Gasteiger partial charge in [-0.25, -0.2) is 4.79 Å². The van der Waals surface area contributed by atoms with Gasteiger partial charge in [0, 0.05) is 6.42 Å². The molecule has 0 bridgehead atoms. The van der Waals surface area contributed by atoms with E-state index in [2.05, 4.69) is 15.5 Å². The molecule has 136 valence electrons. The molecule has 7 heteroatoms. The van der Waals surface area contributed by atoms with E-state index in [-0.39, 0.29) is 24.0 Å². The molecule has 0 radical (unpaired) electrons. The first-order valence-electron chi connectivity index (χ1n) is 8.61. The summed E-state index contributed by atoms with van der Waals surface area (Å²) < 4.78 is 1.14. The molecule has 0 amide bonds. The molecule has 1 atom stereocenters. The van der Waals surface area contributed by atoms with Gasteiger partial charge in [0.05, 0.1) is 18.3 Å². The van der Waals surface area contributed by atoms with E-state index in [0.717, 1.165) is 15.7 Å². The Balaban J connectivity index is 1.68. The Bertz CT molecular complexity index is 1100. The Morgan fingerprint density at radius 2 is 1.70 bits per heavy atom. The fraction of sp³-hybridized carbons (Fsp3) is 0.150. The predicted molar refractivity (Wildman–Crippen MR) is 102 cm³/mol. The summed E-state index contributed by atoms with van der Waals surface area (Å²) in [6.45, 7) is 0.151. The molecule has 3 aromatic rings. The normalized spacial score (nSPS) is 16.0. The Morgan fingerprint density at radius 1 is 1.04 bits per heavy atom. The lowest BCUT2D eigenvalue weighted by molar-refractivity contribution is 0.408. The van der Waals surface area contributed by atoms with E-state index in [9.17, 15) is 14.7 Å². The van der Waals surface area contributed by atoms with Gasteiger partial charge in [-0.05, 0) is 11.1 Å². The third kappa shape index (κ3) is 3.27. The minimum atomic E-state index is -0.656. The van der Waals surface area contributed by atoms with Gasteiger partial charge >= 0.3 is 5.69 Å². The maximum atomic E-state index is 12.4. The third-order valence-electron chi connectivity index (χ3n) is 4.60. The minimum Gasteiger partial charge on any atom is -0.494 e. The van der Waals surface area contributed by atoms with E-state index in [1.54, 1.807) is 0 Å². The fourth-order valence-corrected chi connectivity index (χ4v) is 3.21. The first-order chi connectivity index (χ1) is 13.1. The van der Waals surface area contributed by atoms with Gasteiger partial charge in [0.15, 0.2) is 0 Å². The molecular formula is C20H18N4O3. The lowest BCUT2D eigenvalue weighted by Gasteiger charge is -2.12. The van der Waals surface area contributed by atoms with Crippen LogP contribution in [0.3, 0.4) is 0 Å². The molecule has 2 aromatic carbocycles. The van der Waals surface area contributed by atoms with Crippen molar-refractivity contribution in [2.24, 2.45) is 5.10 Å². The Morgan fingerprint density at radius 3 is 2.41 bits per heavy atom. The number of benzene rings is 2. The average molecular weight is 362 g/mol. The maximum Gasteiger partial charge on any atom is 0.331 e. The largest absolute Gasteiger partial charge is 0.494 e. The van der Waals surface area contributed by atoms with Crippen LogP contribution in [0.1, 0.15) is 29.2 Å². The standard InChI is InChI=1S/C20H18N4O3/c25-18-17(16-11-15(22-23-16)14-9-5-2-6-10-14)19(26)24(20(27)21-18)12-13-7-3-1-4-8-13/h1-10,15,22,26H,11-12H2,(H,21,25,27)/t15-/m0/s1. The van der Waals surface area contributed by atoms with Crippen molar-refractivity contribution in [1.82, 2.24) is 15.0 Å². The lowest BCUT2D eigenvalue weighted by atomic mass is 10.00. The number of nitrogens with zero attached hydrogens (tertiary/aromatic N) is 2. The summed E-state index contributed by atoms with van der Waals surface area (Å²) in [6, 6.07) is 18.9. The third-order valence-corrected chi connectivity index (χ3v) is 4.60. The fourth-order valence-electron chi connectivity index (χ4n) is 3.21. The highest BCUT2D eigenvalue weighted by atomic mass is 16.3. The van der Waals surface area contributed by atoms with Crippen LogP contribution in [0.4, 0.5) is 0 Å². The van der Waals surface area contributed by atoms with Crippen molar-refractivity contribution in [3.05, 3.63) is 98.2 Å². The van der Waals surface area contributed by atoms with E-state index < -0.39 is 11.2 Å². The molecule has 1 aliphatic heterocycles. The van der Waals surface area contributed by atoms with Gasteiger partial charge < -0.3 is 10.5 Å². The quantitative estimate of drug-likeness (QED) is 0.658. The predicted octanol–water partition coefficient (Wildman–Crippen LogP) is 1.73. The number of hydrogen-bond donors (Lipinski definition) is 3. The smallest absolute Gasteiger partial charge is 0.331 e. The molecule has 0 aliphatic carbocycles. The van der Waals surface area contributed by atoms with Crippen LogP contribution in [0.25, 0.3) is 0 Å².